The van der Waals surface area contributed by atoms with Gasteiger partial charge in [0.2, 0.25) is 0 Å². The lowest BCUT2D eigenvalue weighted by atomic mass is 9.73. The molecular formula is C15H29N5. The second kappa shape index (κ2) is 5.89. The molecule has 0 bridgehead atoms. The Hall–Kier alpha value is -0.200. The summed E-state index contributed by atoms with van der Waals surface area (Å²) in [6, 6.07) is 2.11. The quantitative estimate of drug-likeness (QED) is 0.502. The number of hydrazine groups is 1. The molecule has 0 aromatic heterocycles. The normalized spacial score (nSPS) is 45.9. The molecular weight excluding hydrogens is 250 g/mol. The van der Waals surface area contributed by atoms with Gasteiger partial charge in [0.1, 0.15) is 0 Å². The topological polar surface area (TPSA) is 60.1 Å². The summed E-state index contributed by atoms with van der Waals surface area (Å²) in [6.45, 7) is 2.10. The second-order valence-electron chi connectivity index (χ2n) is 7.20. The molecule has 5 heteroatoms. The zero-order valence-corrected chi connectivity index (χ0v) is 12.3. The minimum Gasteiger partial charge on any atom is -0.301 e. The molecule has 2 heterocycles. The van der Waals surface area contributed by atoms with Gasteiger partial charge < -0.3 is 5.32 Å². The summed E-state index contributed by atoms with van der Waals surface area (Å²) in [7, 11) is 0. The fraction of sp³-hybridized carbons (Fsp3) is 1.00. The fourth-order valence-electron chi connectivity index (χ4n) is 4.80. The summed E-state index contributed by atoms with van der Waals surface area (Å²) in [5.41, 5.74) is 6.83. The van der Waals surface area contributed by atoms with Gasteiger partial charge in [-0.2, -0.15) is 0 Å². The van der Waals surface area contributed by atoms with Crippen molar-refractivity contribution in [1.82, 2.24) is 26.8 Å². The van der Waals surface area contributed by atoms with Crippen LogP contribution >= 0.6 is 0 Å². The van der Waals surface area contributed by atoms with Crippen LogP contribution in [0.5, 0.6) is 0 Å². The third-order valence-corrected chi connectivity index (χ3v) is 5.96. The van der Waals surface area contributed by atoms with E-state index in [0.717, 1.165) is 31.1 Å². The average molecular weight is 279 g/mol. The Bertz CT molecular complexity index is 330. The maximum absolute atomic E-state index is 3.94. The molecule has 2 aliphatic heterocycles. The lowest BCUT2D eigenvalue weighted by Gasteiger charge is -2.47. The van der Waals surface area contributed by atoms with Crippen LogP contribution in [0.2, 0.25) is 0 Å². The molecule has 2 aliphatic carbocycles. The maximum atomic E-state index is 3.94. The Balaban J connectivity index is 1.40. The zero-order chi connectivity index (χ0) is 13.4. The van der Waals surface area contributed by atoms with Crippen molar-refractivity contribution in [3.63, 3.8) is 0 Å². The van der Waals surface area contributed by atoms with E-state index in [2.05, 4.69) is 26.8 Å². The van der Waals surface area contributed by atoms with Crippen LogP contribution in [-0.2, 0) is 0 Å². The summed E-state index contributed by atoms with van der Waals surface area (Å²) < 4.78 is 0. The smallest absolute Gasteiger partial charge is 0.0628 e. The van der Waals surface area contributed by atoms with E-state index < -0.39 is 0 Å². The molecule has 5 atom stereocenters. The minimum atomic E-state index is 0.507. The predicted octanol–water partition coefficient (Wildman–Crippen LogP) is 0.256. The van der Waals surface area contributed by atoms with Gasteiger partial charge in [0.25, 0.3) is 0 Å². The van der Waals surface area contributed by atoms with E-state index in [0.29, 0.717) is 18.2 Å². The molecule has 0 radical (unpaired) electrons. The molecule has 0 aromatic rings. The van der Waals surface area contributed by atoms with Crippen molar-refractivity contribution in [3.8, 4) is 0 Å². The van der Waals surface area contributed by atoms with E-state index in [-0.39, 0.29) is 0 Å². The summed E-state index contributed by atoms with van der Waals surface area (Å²) >= 11 is 0. The lowest BCUT2D eigenvalue weighted by molar-refractivity contribution is 0.0911. The summed E-state index contributed by atoms with van der Waals surface area (Å²) in [4.78, 5) is 0. The van der Waals surface area contributed by atoms with Crippen molar-refractivity contribution in [2.75, 3.05) is 13.2 Å². The van der Waals surface area contributed by atoms with Crippen molar-refractivity contribution < 1.29 is 0 Å². The van der Waals surface area contributed by atoms with Gasteiger partial charge in [-0.15, -0.1) is 0 Å². The number of hydrogen-bond acceptors (Lipinski definition) is 5. The Morgan fingerprint density at radius 2 is 1.80 bits per heavy atom. The molecule has 4 aliphatic rings. The molecule has 114 valence electrons. The molecule has 4 rings (SSSR count). The van der Waals surface area contributed by atoms with E-state index >= 15 is 0 Å². The number of rotatable bonds is 2. The van der Waals surface area contributed by atoms with E-state index in [4.69, 9.17) is 0 Å². The first-order valence-electron chi connectivity index (χ1n) is 8.61. The van der Waals surface area contributed by atoms with Gasteiger partial charge >= 0.3 is 0 Å². The fourth-order valence-corrected chi connectivity index (χ4v) is 4.80. The molecule has 20 heavy (non-hydrogen) atoms. The third-order valence-electron chi connectivity index (χ3n) is 5.96. The van der Waals surface area contributed by atoms with Crippen LogP contribution in [0.4, 0.5) is 0 Å². The van der Waals surface area contributed by atoms with Gasteiger partial charge in [-0.05, 0) is 31.6 Å². The van der Waals surface area contributed by atoms with Crippen LogP contribution in [0.15, 0.2) is 0 Å². The molecule has 5 nitrogen and oxygen atoms in total. The van der Waals surface area contributed by atoms with Crippen LogP contribution in [0, 0.1) is 11.8 Å². The number of hydrogen-bond donors (Lipinski definition) is 5. The summed E-state index contributed by atoms with van der Waals surface area (Å²) in [5.74, 6) is 1.54. The van der Waals surface area contributed by atoms with Crippen molar-refractivity contribution in [3.05, 3.63) is 0 Å². The first kappa shape index (κ1) is 13.5. The van der Waals surface area contributed by atoms with Crippen molar-refractivity contribution >= 4 is 0 Å². The van der Waals surface area contributed by atoms with Crippen molar-refractivity contribution in [2.24, 2.45) is 11.8 Å². The lowest BCUT2D eigenvalue weighted by Crippen LogP contribution is -2.66. The molecule has 0 amide bonds. The molecule has 0 spiro atoms. The summed E-state index contributed by atoms with van der Waals surface area (Å²) in [6.07, 6.45) is 10.1. The molecule has 5 unspecified atom stereocenters. The first-order chi connectivity index (χ1) is 9.90. The van der Waals surface area contributed by atoms with Crippen LogP contribution in [0.3, 0.4) is 0 Å². The minimum absolute atomic E-state index is 0.507. The highest BCUT2D eigenvalue weighted by molar-refractivity contribution is 5.01. The Morgan fingerprint density at radius 1 is 0.900 bits per heavy atom. The second-order valence-corrected chi connectivity index (χ2v) is 7.20. The van der Waals surface area contributed by atoms with E-state index in [1.807, 2.05) is 0 Å². The molecule has 0 aromatic carbocycles. The largest absolute Gasteiger partial charge is 0.301 e. The maximum Gasteiger partial charge on any atom is 0.0628 e. The van der Waals surface area contributed by atoms with Gasteiger partial charge in [0.15, 0.2) is 0 Å². The SMILES string of the molecule is C1CCC(NC2NCNC3CC4CNNC4CC32)CC1. The van der Waals surface area contributed by atoms with Gasteiger partial charge in [0.05, 0.1) is 6.17 Å². The Morgan fingerprint density at radius 3 is 2.70 bits per heavy atom. The van der Waals surface area contributed by atoms with Gasteiger partial charge in [-0.1, -0.05) is 19.3 Å². The van der Waals surface area contributed by atoms with E-state index in [1.165, 1.54) is 44.9 Å². The van der Waals surface area contributed by atoms with Crippen LogP contribution in [0.25, 0.3) is 0 Å². The Labute approximate surface area is 122 Å². The van der Waals surface area contributed by atoms with Gasteiger partial charge in [0, 0.05) is 37.3 Å². The highest BCUT2D eigenvalue weighted by atomic mass is 15.4. The monoisotopic (exact) mass is 279 g/mol. The Kier molecular flexibility index (Phi) is 3.96. The summed E-state index contributed by atoms with van der Waals surface area (Å²) in [5, 5.41) is 11.3. The van der Waals surface area contributed by atoms with Crippen LogP contribution in [0.1, 0.15) is 44.9 Å². The van der Waals surface area contributed by atoms with Gasteiger partial charge in [-0.3, -0.25) is 21.5 Å². The third kappa shape index (κ3) is 2.62. The van der Waals surface area contributed by atoms with Crippen molar-refractivity contribution in [2.45, 2.75) is 69.2 Å². The number of nitrogens with one attached hydrogen (secondary N) is 5. The average Bonchev–Trinajstić information content (AvgIpc) is 2.94. The predicted molar refractivity (Wildman–Crippen MR) is 79.9 cm³/mol. The van der Waals surface area contributed by atoms with E-state index in [1.54, 1.807) is 0 Å². The molecule has 5 N–H and O–H groups in total. The molecule has 2 saturated carbocycles. The van der Waals surface area contributed by atoms with Gasteiger partial charge in [-0.25, -0.2) is 0 Å². The van der Waals surface area contributed by atoms with Crippen molar-refractivity contribution in [1.29, 1.82) is 0 Å². The standard InChI is InChI=1S/C15H29N5/c1-2-4-11(5-3-1)19-15-12-7-13-10(8-18-20-13)6-14(12)16-9-17-15/h10-20H,1-9H2. The van der Waals surface area contributed by atoms with Crippen LogP contribution in [-0.4, -0.2) is 37.5 Å². The molecule has 4 fully saturated rings. The van der Waals surface area contributed by atoms with Crippen LogP contribution < -0.4 is 26.8 Å². The highest BCUT2D eigenvalue weighted by Gasteiger charge is 2.44. The highest BCUT2D eigenvalue weighted by Crippen LogP contribution is 2.34. The van der Waals surface area contributed by atoms with E-state index in [9.17, 15) is 0 Å². The first-order valence-corrected chi connectivity index (χ1v) is 8.61. The zero-order valence-electron chi connectivity index (χ0n) is 12.3. The number of fused-ring (bicyclic) bond motifs is 2. The molecule has 2 saturated heterocycles.